The van der Waals surface area contributed by atoms with Gasteiger partial charge in [0.25, 0.3) is 0 Å². The van der Waals surface area contributed by atoms with Crippen molar-refractivity contribution in [1.82, 2.24) is 0 Å². The van der Waals surface area contributed by atoms with Crippen molar-refractivity contribution in [2.75, 3.05) is 6.61 Å². The molecule has 0 bridgehead atoms. The van der Waals surface area contributed by atoms with Crippen molar-refractivity contribution in [2.24, 2.45) is 0 Å². The number of aliphatic hydroxyl groups excluding tert-OH is 1. The highest BCUT2D eigenvalue weighted by molar-refractivity contribution is 9.10. The van der Waals surface area contributed by atoms with Gasteiger partial charge in [0.05, 0.1) is 16.7 Å². The quantitative estimate of drug-likeness (QED) is 0.860. The Bertz CT molecular complexity index is 395. The fraction of sp³-hybridized carbons (Fsp3) is 0.500. The molecule has 1 aliphatic heterocycles. The van der Waals surface area contributed by atoms with Crippen LogP contribution in [0, 0.1) is 12.7 Å². The highest BCUT2D eigenvalue weighted by atomic mass is 79.9. The van der Waals surface area contributed by atoms with E-state index in [2.05, 4.69) is 15.9 Å². The Kier molecular flexibility index (Phi) is 3.62. The molecule has 88 valence electrons. The van der Waals surface area contributed by atoms with Crippen LogP contribution in [0.25, 0.3) is 0 Å². The van der Waals surface area contributed by atoms with Crippen LogP contribution >= 0.6 is 15.9 Å². The van der Waals surface area contributed by atoms with Gasteiger partial charge in [-0.2, -0.15) is 0 Å². The summed E-state index contributed by atoms with van der Waals surface area (Å²) in [5.74, 6) is -0.279. The summed E-state index contributed by atoms with van der Waals surface area (Å²) < 4.78 is 19.9. The van der Waals surface area contributed by atoms with E-state index in [-0.39, 0.29) is 11.9 Å². The highest BCUT2D eigenvalue weighted by Gasteiger charge is 2.25. The van der Waals surface area contributed by atoms with E-state index in [1.807, 2.05) is 13.0 Å². The number of halogens is 2. The van der Waals surface area contributed by atoms with Crippen molar-refractivity contribution < 1.29 is 14.2 Å². The Morgan fingerprint density at radius 2 is 2.25 bits per heavy atom. The van der Waals surface area contributed by atoms with Crippen LogP contribution in [0.15, 0.2) is 16.6 Å². The molecule has 2 atom stereocenters. The Balaban J connectivity index is 2.29. The van der Waals surface area contributed by atoms with Crippen LogP contribution in [0.4, 0.5) is 4.39 Å². The molecule has 1 heterocycles. The molecule has 1 N–H and O–H groups in total. The van der Waals surface area contributed by atoms with Gasteiger partial charge in [-0.25, -0.2) is 4.39 Å². The molecule has 16 heavy (non-hydrogen) atoms. The predicted molar refractivity (Wildman–Crippen MR) is 62.8 cm³/mol. The third kappa shape index (κ3) is 2.29. The molecule has 0 aliphatic carbocycles. The summed E-state index contributed by atoms with van der Waals surface area (Å²) in [4.78, 5) is 0. The van der Waals surface area contributed by atoms with Crippen LogP contribution in [0.1, 0.15) is 30.1 Å². The Hall–Kier alpha value is -0.450. The first-order chi connectivity index (χ1) is 7.59. The molecule has 1 aromatic carbocycles. The molecule has 1 aromatic rings. The molecule has 1 aliphatic rings. The molecule has 1 saturated heterocycles. The van der Waals surface area contributed by atoms with Gasteiger partial charge in [-0.1, -0.05) is 12.1 Å². The maximum Gasteiger partial charge on any atom is 0.143 e. The Labute approximate surface area is 103 Å². The van der Waals surface area contributed by atoms with Gasteiger partial charge >= 0.3 is 0 Å². The number of hydrogen-bond acceptors (Lipinski definition) is 2. The van der Waals surface area contributed by atoms with Crippen LogP contribution in [-0.2, 0) is 4.74 Å². The van der Waals surface area contributed by atoms with Gasteiger partial charge < -0.3 is 9.84 Å². The molecule has 4 heteroatoms. The van der Waals surface area contributed by atoms with Crippen LogP contribution in [-0.4, -0.2) is 17.8 Å². The number of aryl methyl sites for hydroxylation is 1. The average Bonchev–Trinajstić information content (AvgIpc) is 2.26. The minimum Gasteiger partial charge on any atom is -0.393 e. The summed E-state index contributed by atoms with van der Waals surface area (Å²) in [6.45, 7) is 2.32. The molecular formula is C12H14BrFO2. The number of benzene rings is 1. The zero-order valence-electron chi connectivity index (χ0n) is 9.04. The molecule has 0 aromatic heterocycles. The fourth-order valence-electron chi connectivity index (χ4n) is 1.91. The first-order valence-corrected chi connectivity index (χ1v) is 6.13. The van der Waals surface area contributed by atoms with E-state index in [0.29, 0.717) is 29.5 Å². The standard InChI is InChI=1S/C12H14BrFO2/c1-7-2-3-9(12(14)11(7)13)10-6-8(15)4-5-16-10/h2-3,8,10,15H,4-6H2,1H3. The first-order valence-electron chi connectivity index (χ1n) is 5.33. The lowest BCUT2D eigenvalue weighted by Crippen LogP contribution is -2.24. The van der Waals surface area contributed by atoms with Crippen molar-refractivity contribution in [3.8, 4) is 0 Å². The molecule has 0 radical (unpaired) electrons. The largest absolute Gasteiger partial charge is 0.393 e. The summed E-state index contributed by atoms with van der Waals surface area (Å²) in [5.41, 5.74) is 1.38. The van der Waals surface area contributed by atoms with Crippen molar-refractivity contribution in [1.29, 1.82) is 0 Å². The predicted octanol–water partition coefficient (Wildman–Crippen LogP) is 3.11. The van der Waals surface area contributed by atoms with E-state index in [0.717, 1.165) is 5.56 Å². The fourth-order valence-corrected chi connectivity index (χ4v) is 2.27. The lowest BCUT2D eigenvalue weighted by molar-refractivity contribution is -0.0461. The maximum atomic E-state index is 14.0. The maximum absolute atomic E-state index is 14.0. The van der Waals surface area contributed by atoms with E-state index in [1.165, 1.54) is 0 Å². The van der Waals surface area contributed by atoms with Crippen LogP contribution < -0.4 is 0 Å². The van der Waals surface area contributed by atoms with E-state index in [4.69, 9.17) is 4.74 Å². The topological polar surface area (TPSA) is 29.5 Å². The second-order valence-corrected chi connectivity index (χ2v) is 4.93. The van der Waals surface area contributed by atoms with E-state index in [9.17, 15) is 9.50 Å². The lowest BCUT2D eigenvalue weighted by atomic mass is 9.98. The Morgan fingerprint density at radius 3 is 2.94 bits per heavy atom. The number of hydrogen-bond donors (Lipinski definition) is 1. The minimum atomic E-state index is -0.391. The average molecular weight is 289 g/mol. The third-order valence-electron chi connectivity index (χ3n) is 2.91. The van der Waals surface area contributed by atoms with Gasteiger partial charge in [-0.15, -0.1) is 0 Å². The zero-order chi connectivity index (χ0) is 11.7. The van der Waals surface area contributed by atoms with Gasteiger partial charge in [0.1, 0.15) is 5.82 Å². The van der Waals surface area contributed by atoms with Crippen LogP contribution in [0.3, 0.4) is 0 Å². The van der Waals surface area contributed by atoms with E-state index >= 15 is 0 Å². The molecule has 0 spiro atoms. The monoisotopic (exact) mass is 288 g/mol. The number of aliphatic hydroxyl groups is 1. The minimum absolute atomic E-state index is 0.279. The summed E-state index contributed by atoms with van der Waals surface area (Å²) in [5, 5.41) is 9.54. The van der Waals surface area contributed by atoms with Gasteiger partial charge in [-0.05, 0) is 34.8 Å². The van der Waals surface area contributed by atoms with Crippen molar-refractivity contribution in [3.05, 3.63) is 33.5 Å². The summed E-state index contributed by atoms with van der Waals surface area (Å²) >= 11 is 3.22. The first kappa shape index (κ1) is 12.0. The zero-order valence-corrected chi connectivity index (χ0v) is 10.6. The molecule has 1 fully saturated rings. The van der Waals surface area contributed by atoms with Crippen molar-refractivity contribution >= 4 is 15.9 Å². The van der Waals surface area contributed by atoms with Crippen LogP contribution in [0.5, 0.6) is 0 Å². The second-order valence-electron chi connectivity index (χ2n) is 4.14. The van der Waals surface area contributed by atoms with Gasteiger partial charge in [0.15, 0.2) is 0 Å². The summed E-state index contributed by atoms with van der Waals surface area (Å²) in [7, 11) is 0. The smallest absolute Gasteiger partial charge is 0.143 e. The lowest BCUT2D eigenvalue weighted by Gasteiger charge is -2.27. The van der Waals surface area contributed by atoms with Gasteiger partial charge in [0, 0.05) is 18.6 Å². The normalized spacial score (nSPS) is 25.8. The SMILES string of the molecule is Cc1ccc(C2CC(O)CCO2)c(F)c1Br. The van der Waals surface area contributed by atoms with Crippen molar-refractivity contribution in [2.45, 2.75) is 32.0 Å². The third-order valence-corrected chi connectivity index (χ3v) is 3.88. The Morgan fingerprint density at radius 1 is 1.50 bits per heavy atom. The highest BCUT2D eigenvalue weighted by Crippen LogP contribution is 2.33. The molecule has 2 rings (SSSR count). The summed E-state index contributed by atoms with van der Waals surface area (Å²) in [6, 6.07) is 3.59. The molecule has 0 amide bonds. The van der Waals surface area contributed by atoms with Crippen molar-refractivity contribution in [3.63, 3.8) is 0 Å². The number of ether oxygens (including phenoxy) is 1. The second kappa shape index (κ2) is 4.82. The molecule has 2 nitrogen and oxygen atoms in total. The van der Waals surface area contributed by atoms with Gasteiger partial charge in [-0.3, -0.25) is 0 Å². The van der Waals surface area contributed by atoms with Crippen LogP contribution in [0.2, 0.25) is 0 Å². The van der Waals surface area contributed by atoms with Gasteiger partial charge in [0.2, 0.25) is 0 Å². The molecule has 0 saturated carbocycles. The number of rotatable bonds is 1. The molecular weight excluding hydrogens is 275 g/mol. The summed E-state index contributed by atoms with van der Waals surface area (Å²) in [6.07, 6.45) is 0.372. The molecule has 2 unspecified atom stereocenters. The van der Waals surface area contributed by atoms with E-state index < -0.39 is 6.10 Å². The van der Waals surface area contributed by atoms with E-state index in [1.54, 1.807) is 6.07 Å².